The largest absolute Gasteiger partial charge is 0.330 e. The number of hydrogen-bond acceptors (Lipinski definition) is 4. The van der Waals surface area contributed by atoms with Crippen LogP contribution < -0.4 is 11.1 Å². The summed E-state index contributed by atoms with van der Waals surface area (Å²) in [6, 6.07) is 4.65. The van der Waals surface area contributed by atoms with Gasteiger partial charge in [-0.2, -0.15) is 0 Å². The monoisotopic (exact) mass is 439 g/mol. The Morgan fingerprint density at radius 2 is 1.80 bits per heavy atom. The van der Waals surface area contributed by atoms with Gasteiger partial charge in [-0.05, 0) is 58.0 Å². The van der Waals surface area contributed by atoms with Gasteiger partial charge in [0.2, 0.25) is 5.91 Å². The summed E-state index contributed by atoms with van der Waals surface area (Å²) in [5, 5.41) is 2.75. The zero-order valence-corrected chi connectivity index (χ0v) is 18.5. The summed E-state index contributed by atoms with van der Waals surface area (Å²) in [7, 11) is 2.07. The van der Waals surface area contributed by atoms with Gasteiger partial charge in [0, 0.05) is 44.0 Å². The molecule has 0 aromatic heterocycles. The van der Waals surface area contributed by atoms with Gasteiger partial charge in [-0.1, -0.05) is 11.6 Å². The molecule has 2 heterocycles. The van der Waals surface area contributed by atoms with E-state index in [1.54, 1.807) is 11.0 Å². The Hall–Kier alpha value is -1.90. The van der Waals surface area contributed by atoms with E-state index in [0.29, 0.717) is 44.8 Å². The normalized spacial score (nSPS) is 27.8. The van der Waals surface area contributed by atoms with E-state index < -0.39 is 11.7 Å². The van der Waals surface area contributed by atoms with Crippen LogP contribution in [-0.4, -0.2) is 78.5 Å². The van der Waals surface area contributed by atoms with Crippen LogP contribution in [0.1, 0.15) is 20.3 Å². The molecule has 1 aromatic rings. The van der Waals surface area contributed by atoms with Crippen molar-refractivity contribution < 1.29 is 14.0 Å². The second kappa shape index (κ2) is 9.49. The molecule has 0 unspecified atom stereocenters. The summed E-state index contributed by atoms with van der Waals surface area (Å²) in [6.45, 7) is 6.80. The molecular weight excluding hydrogens is 409 g/mol. The smallest absolute Gasteiger partial charge is 0.320 e. The lowest BCUT2D eigenvalue weighted by atomic mass is 9.88. The predicted molar refractivity (Wildman–Crippen MR) is 116 cm³/mol. The molecule has 3 amide bonds. The van der Waals surface area contributed by atoms with Crippen molar-refractivity contribution in [1.29, 1.82) is 0 Å². The number of piperazine rings is 1. The summed E-state index contributed by atoms with van der Waals surface area (Å²) in [5.41, 5.74) is 6.25. The Kier molecular flexibility index (Phi) is 7.21. The van der Waals surface area contributed by atoms with Gasteiger partial charge in [0.15, 0.2) is 0 Å². The van der Waals surface area contributed by atoms with E-state index in [-0.39, 0.29) is 35.0 Å². The van der Waals surface area contributed by atoms with Crippen molar-refractivity contribution in [3.63, 3.8) is 0 Å². The van der Waals surface area contributed by atoms with Crippen LogP contribution in [-0.2, 0) is 4.79 Å². The van der Waals surface area contributed by atoms with E-state index >= 15 is 0 Å². The van der Waals surface area contributed by atoms with Crippen molar-refractivity contribution in [3.8, 4) is 0 Å². The zero-order valence-electron chi connectivity index (χ0n) is 17.8. The molecule has 0 spiro atoms. The van der Waals surface area contributed by atoms with Crippen LogP contribution in [0.5, 0.6) is 0 Å². The maximum atomic E-state index is 13.7. The number of carbonyl (C=O) groups is 2. The molecule has 166 valence electrons. The lowest BCUT2D eigenvalue weighted by molar-refractivity contribution is -0.121. The fourth-order valence-corrected chi connectivity index (χ4v) is 4.42. The van der Waals surface area contributed by atoms with Crippen LogP contribution in [0, 0.1) is 17.7 Å². The highest BCUT2D eigenvalue weighted by Gasteiger charge is 2.37. The third kappa shape index (κ3) is 5.04. The molecular formula is C21H31ClFN5O2. The Labute approximate surface area is 182 Å². The topological polar surface area (TPSA) is 81.9 Å². The Bertz CT molecular complexity index is 783. The quantitative estimate of drug-likeness (QED) is 0.758. The van der Waals surface area contributed by atoms with E-state index in [9.17, 15) is 14.0 Å². The number of benzene rings is 1. The second-order valence-corrected chi connectivity index (χ2v) is 9.02. The molecule has 3 rings (SSSR count). The molecule has 1 aromatic carbocycles. The molecule has 0 saturated carbocycles. The first-order valence-electron chi connectivity index (χ1n) is 10.4. The van der Waals surface area contributed by atoms with Gasteiger partial charge in [-0.3, -0.25) is 9.69 Å². The van der Waals surface area contributed by atoms with Crippen molar-refractivity contribution in [1.82, 2.24) is 14.7 Å². The maximum absolute atomic E-state index is 13.7. The third-order valence-corrected chi connectivity index (χ3v) is 6.64. The number of piperidine rings is 1. The minimum absolute atomic E-state index is 0.00117. The highest BCUT2D eigenvalue weighted by Crippen LogP contribution is 2.26. The van der Waals surface area contributed by atoms with E-state index in [4.69, 9.17) is 17.3 Å². The van der Waals surface area contributed by atoms with E-state index in [1.807, 2.05) is 4.90 Å². The SMILES string of the molecule is C[C@@H]1CN(C(=O)N2C[C@H](CN)C[C@H](C(=O)Nc3ccc(Cl)c(F)c3)C2)C[C@H](C)N1C. The molecule has 7 nitrogen and oxygen atoms in total. The van der Waals surface area contributed by atoms with Gasteiger partial charge < -0.3 is 20.9 Å². The minimum atomic E-state index is -0.590. The maximum Gasteiger partial charge on any atom is 0.320 e. The lowest BCUT2D eigenvalue weighted by Gasteiger charge is -2.45. The first-order valence-corrected chi connectivity index (χ1v) is 10.8. The zero-order chi connectivity index (χ0) is 22.0. The molecule has 9 heteroatoms. The summed E-state index contributed by atoms with van der Waals surface area (Å²) in [5.74, 6) is -1.19. The number of amides is 3. The lowest BCUT2D eigenvalue weighted by Crippen LogP contribution is -2.60. The molecule has 2 aliphatic heterocycles. The average molecular weight is 440 g/mol. The second-order valence-electron chi connectivity index (χ2n) is 8.61. The van der Waals surface area contributed by atoms with Crippen molar-refractivity contribution >= 4 is 29.2 Å². The number of nitrogens with two attached hydrogens (primary N) is 1. The molecule has 0 bridgehead atoms. The fourth-order valence-electron chi connectivity index (χ4n) is 4.30. The van der Waals surface area contributed by atoms with Gasteiger partial charge >= 0.3 is 6.03 Å². The summed E-state index contributed by atoms with van der Waals surface area (Å²) in [6.07, 6.45) is 0.595. The van der Waals surface area contributed by atoms with Gasteiger partial charge in [0.1, 0.15) is 5.82 Å². The van der Waals surface area contributed by atoms with E-state index in [0.717, 1.165) is 0 Å². The van der Waals surface area contributed by atoms with Crippen LogP contribution in [0.3, 0.4) is 0 Å². The number of urea groups is 1. The van der Waals surface area contributed by atoms with Gasteiger partial charge in [0.05, 0.1) is 10.9 Å². The van der Waals surface area contributed by atoms with Crippen LogP contribution >= 0.6 is 11.6 Å². The molecule has 30 heavy (non-hydrogen) atoms. The molecule has 2 aliphatic rings. The van der Waals surface area contributed by atoms with Crippen molar-refractivity contribution in [2.75, 3.05) is 45.1 Å². The molecule has 2 saturated heterocycles. The summed E-state index contributed by atoms with van der Waals surface area (Å²) < 4.78 is 13.7. The van der Waals surface area contributed by atoms with Crippen molar-refractivity contribution in [3.05, 3.63) is 29.0 Å². The number of rotatable bonds is 3. The van der Waals surface area contributed by atoms with Crippen molar-refractivity contribution in [2.24, 2.45) is 17.6 Å². The van der Waals surface area contributed by atoms with Gasteiger partial charge in [-0.25, -0.2) is 9.18 Å². The summed E-state index contributed by atoms with van der Waals surface area (Å²) >= 11 is 5.71. The molecule has 2 fully saturated rings. The van der Waals surface area contributed by atoms with Crippen molar-refractivity contribution in [2.45, 2.75) is 32.4 Å². The van der Waals surface area contributed by atoms with Gasteiger partial charge in [0.25, 0.3) is 0 Å². The molecule has 0 aliphatic carbocycles. The van der Waals surface area contributed by atoms with Gasteiger partial charge in [-0.15, -0.1) is 0 Å². The number of nitrogens with zero attached hydrogens (tertiary/aromatic N) is 3. The van der Waals surface area contributed by atoms with Crippen LogP contribution in [0.2, 0.25) is 5.02 Å². The highest BCUT2D eigenvalue weighted by molar-refractivity contribution is 6.30. The molecule has 4 atom stereocenters. The predicted octanol–water partition coefficient (Wildman–Crippen LogP) is 2.46. The third-order valence-electron chi connectivity index (χ3n) is 6.33. The van der Waals surface area contributed by atoms with Crippen LogP contribution in [0.15, 0.2) is 18.2 Å². The Morgan fingerprint density at radius 3 is 2.40 bits per heavy atom. The average Bonchev–Trinajstić information content (AvgIpc) is 2.73. The number of anilines is 1. The standard InChI is InChI=1S/C21H31ClFN5O2/c1-13-9-27(10-14(2)26(13)3)21(30)28-11-15(8-24)6-16(12-28)20(29)25-17-4-5-18(22)19(23)7-17/h4-5,7,13-16H,6,8-12,24H2,1-3H3,(H,25,29)/t13-,14+,15-,16-/m0/s1. The van der Waals surface area contributed by atoms with Crippen LogP contribution in [0.4, 0.5) is 14.9 Å². The number of likely N-dealkylation sites (N-methyl/N-ethyl adjacent to an activating group) is 1. The van der Waals surface area contributed by atoms with Crippen LogP contribution in [0.25, 0.3) is 0 Å². The first-order chi connectivity index (χ1) is 14.2. The number of nitrogens with one attached hydrogen (secondary N) is 1. The summed E-state index contributed by atoms with van der Waals surface area (Å²) in [4.78, 5) is 32.0. The Morgan fingerprint density at radius 1 is 1.17 bits per heavy atom. The first kappa shape index (κ1) is 22.8. The molecule has 0 radical (unpaired) electrons. The Balaban J connectivity index is 1.68. The fraction of sp³-hybridized carbons (Fsp3) is 0.619. The number of likely N-dealkylation sites (tertiary alicyclic amines) is 1. The number of halogens is 2. The van der Waals surface area contributed by atoms with E-state index in [1.165, 1.54) is 12.1 Å². The minimum Gasteiger partial charge on any atom is -0.330 e. The number of hydrogen-bond donors (Lipinski definition) is 2. The highest BCUT2D eigenvalue weighted by atomic mass is 35.5. The molecule has 3 N–H and O–H groups in total. The number of carbonyl (C=O) groups excluding carboxylic acids is 2. The van der Waals surface area contributed by atoms with E-state index in [2.05, 4.69) is 31.1 Å².